The van der Waals surface area contributed by atoms with Gasteiger partial charge in [-0.2, -0.15) is 0 Å². The normalized spacial score (nSPS) is 27.0. The number of amides is 3. The van der Waals surface area contributed by atoms with Gasteiger partial charge in [0, 0.05) is 48.3 Å². The van der Waals surface area contributed by atoms with E-state index in [0.717, 1.165) is 82.9 Å². The van der Waals surface area contributed by atoms with Crippen molar-refractivity contribution in [2.45, 2.75) is 146 Å². The molecule has 256 valence electrons. The summed E-state index contributed by atoms with van der Waals surface area (Å²) in [6.07, 6.45) is 14.5. The maximum absolute atomic E-state index is 14.7. The Bertz CT molecular complexity index is 1300. The van der Waals surface area contributed by atoms with E-state index in [4.69, 9.17) is 11.6 Å². The molecule has 3 atom stereocenters. The smallest absolute Gasteiger partial charge is 0.320 e. The van der Waals surface area contributed by atoms with Crippen molar-refractivity contribution in [2.24, 2.45) is 0 Å². The molecule has 2 saturated heterocycles. The molecule has 2 heterocycles. The molecule has 2 bridgehead atoms. The predicted octanol–water partition coefficient (Wildman–Crippen LogP) is 7.89. The molecule has 7 nitrogen and oxygen atoms in total. The van der Waals surface area contributed by atoms with Gasteiger partial charge in [0.25, 0.3) is 0 Å². The van der Waals surface area contributed by atoms with Crippen LogP contribution >= 0.6 is 11.6 Å². The summed E-state index contributed by atoms with van der Waals surface area (Å²) in [6.45, 7) is 5.63. The number of hydrogen-bond donors (Lipinski definition) is 2. The highest BCUT2D eigenvalue weighted by Gasteiger charge is 2.48. The fourth-order valence-corrected chi connectivity index (χ4v) is 9.37. The van der Waals surface area contributed by atoms with Crippen LogP contribution in [0.5, 0.6) is 5.75 Å². The van der Waals surface area contributed by atoms with Crippen LogP contribution in [0, 0.1) is 0 Å². The van der Waals surface area contributed by atoms with Crippen LogP contribution < -0.4 is 5.32 Å². The molecule has 2 aromatic carbocycles. The molecule has 0 radical (unpaired) electrons. The number of nitrogens with zero attached hydrogens (tertiary/aromatic N) is 3. The summed E-state index contributed by atoms with van der Waals surface area (Å²) in [5.41, 5.74) is 2.41. The Morgan fingerprint density at radius 3 is 2.04 bits per heavy atom. The SMILES string of the molecule is CCN(CC)C(=O)N(C1CCCCC1)C1CC2CCC(C1)N2C(=O)[C@H](Cc1ccc(Cl)cc1)NC1CCC(c2ccc(O)cc2)CC1. The summed E-state index contributed by atoms with van der Waals surface area (Å²) in [4.78, 5) is 35.2. The number of nitrogens with one attached hydrogen (secondary N) is 1. The van der Waals surface area contributed by atoms with Gasteiger partial charge in [-0.3, -0.25) is 4.79 Å². The molecule has 4 fully saturated rings. The van der Waals surface area contributed by atoms with Gasteiger partial charge in [-0.05, 0) is 126 Å². The lowest BCUT2D eigenvalue weighted by Crippen LogP contribution is -2.61. The molecule has 0 spiro atoms. The van der Waals surface area contributed by atoms with Crippen LogP contribution in [0.2, 0.25) is 5.02 Å². The minimum absolute atomic E-state index is 0.182. The van der Waals surface area contributed by atoms with Gasteiger partial charge < -0.3 is 25.1 Å². The summed E-state index contributed by atoms with van der Waals surface area (Å²) >= 11 is 6.23. The van der Waals surface area contributed by atoms with Crippen LogP contribution in [0.1, 0.15) is 114 Å². The van der Waals surface area contributed by atoms with Crippen molar-refractivity contribution < 1.29 is 14.7 Å². The molecular formula is C39H55ClN4O3. The molecule has 2 aliphatic heterocycles. The second-order valence-electron chi connectivity index (χ2n) is 14.6. The van der Waals surface area contributed by atoms with Crippen molar-refractivity contribution in [1.29, 1.82) is 0 Å². The summed E-state index contributed by atoms with van der Waals surface area (Å²) in [7, 11) is 0. The molecule has 2 aromatic rings. The second kappa shape index (κ2) is 15.6. The number of phenolic OH excluding ortho intramolecular Hbond substituents is 1. The lowest BCUT2D eigenvalue weighted by atomic mass is 9.81. The minimum Gasteiger partial charge on any atom is -0.508 e. The molecule has 2 N–H and O–H groups in total. The van der Waals surface area contributed by atoms with Gasteiger partial charge in [0.1, 0.15) is 5.75 Å². The lowest BCUT2D eigenvalue weighted by Gasteiger charge is -2.48. The lowest BCUT2D eigenvalue weighted by molar-refractivity contribution is -0.139. The van der Waals surface area contributed by atoms with E-state index >= 15 is 0 Å². The van der Waals surface area contributed by atoms with Gasteiger partial charge in [-0.25, -0.2) is 4.79 Å². The molecular weight excluding hydrogens is 608 g/mol. The van der Waals surface area contributed by atoms with E-state index in [-0.39, 0.29) is 42.1 Å². The highest BCUT2D eigenvalue weighted by molar-refractivity contribution is 6.30. The van der Waals surface area contributed by atoms with Crippen molar-refractivity contribution in [3.05, 3.63) is 64.7 Å². The highest BCUT2D eigenvalue weighted by Crippen LogP contribution is 2.41. The number of piperidine rings is 1. The number of aromatic hydroxyl groups is 1. The Kier molecular flexibility index (Phi) is 11.3. The summed E-state index contributed by atoms with van der Waals surface area (Å²) in [5, 5.41) is 14.3. The molecule has 6 rings (SSSR count). The van der Waals surface area contributed by atoms with Crippen LogP contribution in [-0.2, 0) is 11.2 Å². The fourth-order valence-electron chi connectivity index (χ4n) is 9.24. The molecule has 2 unspecified atom stereocenters. The van der Waals surface area contributed by atoms with E-state index in [1.807, 2.05) is 41.3 Å². The fraction of sp³-hybridized carbons (Fsp3) is 0.641. The third kappa shape index (κ3) is 7.94. The number of hydrogen-bond acceptors (Lipinski definition) is 4. The van der Waals surface area contributed by atoms with Crippen molar-refractivity contribution in [3.8, 4) is 5.75 Å². The molecule has 0 aromatic heterocycles. The number of carbonyl (C=O) groups excluding carboxylic acids is 2. The maximum atomic E-state index is 14.7. The van der Waals surface area contributed by atoms with Gasteiger partial charge in [-0.1, -0.05) is 55.1 Å². The second-order valence-corrected chi connectivity index (χ2v) is 15.0. The average Bonchev–Trinajstić information content (AvgIpc) is 3.36. The van der Waals surface area contributed by atoms with E-state index < -0.39 is 0 Å². The number of phenols is 1. The van der Waals surface area contributed by atoms with Crippen LogP contribution in [-0.4, -0.2) is 81.1 Å². The Labute approximate surface area is 287 Å². The number of fused-ring (bicyclic) bond motifs is 2. The van der Waals surface area contributed by atoms with E-state index in [1.54, 1.807) is 12.1 Å². The number of benzene rings is 2. The Morgan fingerprint density at radius 1 is 0.830 bits per heavy atom. The summed E-state index contributed by atoms with van der Waals surface area (Å²) in [5.74, 6) is 1.02. The van der Waals surface area contributed by atoms with Crippen LogP contribution in [0.15, 0.2) is 48.5 Å². The zero-order valence-corrected chi connectivity index (χ0v) is 29.2. The first kappa shape index (κ1) is 34.1. The Hall–Kier alpha value is -2.77. The van der Waals surface area contributed by atoms with Crippen molar-refractivity contribution >= 4 is 23.5 Å². The monoisotopic (exact) mass is 662 g/mol. The van der Waals surface area contributed by atoms with Crippen molar-refractivity contribution in [1.82, 2.24) is 20.0 Å². The summed E-state index contributed by atoms with van der Waals surface area (Å²) in [6, 6.07) is 16.7. The average molecular weight is 663 g/mol. The third-order valence-corrected chi connectivity index (χ3v) is 12.0. The van der Waals surface area contributed by atoms with E-state index in [0.29, 0.717) is 29.2 Å². The first-order valence-electron chi connectivity index (χ1n) is 18.5. The van der Waals surface area contributed by atoms with Gasteiger partial charge in [0.05, 0.1) is 6.04 Å². The van der Waals surface area contributed by atoms with Crippen LogP contribution in [0.3, 0.4) is 0 Å². The quantitative estimate of drug-likeness (QED) is 0.271. The van der Waals surface area contributed by atoms with E-state index in [1.165, 1.54) is 24.8 Å². The number of halogens is 1. The molecule has 2 saturated carbocycles. The first-order chi connectivity index (χ1) is 22.8. The number of rotatable bonds is 10. The minimum atomic E-state index is -0.294. The molecule has 2 aliphatic carbocycles. The Morgan fingerprint density at radius 2 is 1.45 bits per heavy atom. The van der Waals surface area contributed by atoms with Gasteiger partial charge >= 0.3 is 6.03 Å². The molecule has 4 aliphatic rings. The standard InChI is InChI=1S/C39H55ClN4O3/c1-3-42(4-2)39(47)44(32-8-6-5-7-9-32)35-25-33-20-21-34(26-35)43(33)38(46)37(24-27-10-16-30(40)17-11-27)41-31-18-12-28(13-19-31)29-14-22-36(45)23-15-29/h10-11,14-17,22-23,28,31-35,37,41,45H,3-9,12-13,18-21,24-26H2,1-2H3/t28?,31?,33?,34?,35?,37-/m0/s1. The zero-order chi connectivity index (χ0) is 32.9. The number of urea groups is 1. The Balaban J connectivity index is 1.17. The largest absolute Gasteiger partial charge is 0.508 e. The van der Waals surface area contributed by atoms with Gasteiger partial charge in [0.15, 0.2) is 0 Å². The molecule has 47 heavy (non-hydrogen) atoms. The van der Waals surface area contributed by atoms with Crippen LogP contribution in [0.25, 0.3) is 0 Å². The third-order valence-electron chi connectivity index (χ3n) is 11.8. The van der Waals surface area contributed by atoms with E-state index in [9.17, 15) is 14.7 Å². The van der Waals surface area contributed by atoms with Crippen molar-refractivity contribution in [2.75, 3.05) is 13.1 Å². The van der Waals surface area contributed by atoms with Crippen molar-refractivity contribution in [3.63, 3.8) is 0 Å². The number of carbonyl (C=O) groups is 2. The van der Waals surface area contributed by atoms with Crippen LogP contribution in [0.4, 0.5) is 4.79 Å². The van der Waals surface area contributed by atoms with Gasteiger partial charge in [-0.15, -0.1) is 0 Å². The van der Waals surface area contributed by atoms with Gasteiger partial charge in [0.2, 0.25) is 5.91 Å². The molecule has 3 amide bonds. The first-order valence-corrected chi connectivity index (χ1v) is 18.9. The maximum Gasteiger partial charge on any atom is 0.320 e. The predicted molar refractivity (Wildman–Crippen MR) is 189 cm³/mol. The van der Waals surface area contributed by atoms with E-state index in [2.05, 4.69) is 29.0 Å². The summed E-state index contributed by atoms with van der Waals surface area (Å²) < 4.78 is 0. The highest BCUT2D eigenvalue weighted by atomic mass is 35.5. The topological polar surface area (TPSA) is 76.1 Å². The molecule has 8 heteroatoms. The zero-order valence-electron chi connectivity index (χ0n) is 28.5.